The van der Waals surface area contributed by atoms with Crippen molar-refractivity contribution >= 4 is 10.4 Å². The third-order valence-corrected chi connectivity index (χ3v) is 9.67. The fraction of sp³-hybridized carbons (Fsp3) is 0.905. The maximum Gasteiger partial charge on any atom is 0.446 e. The van der Waals surface area contributed by atoms with E-state index in [9.17, 15) is 13.5 Å². The Labute approximate surface area is 163 Å². The minimum atomic E-state index is -4.58. The van der Waals surface area contributed by atoms with Crippen LogP contribution in [0.4, 0.5) is 0 Å². The van der Waals surface area contributed by atoms with Gasteiger partial charge in [-0.1, -0.05) is 27.2 Å². The molecule has 3 fully saturated rings. The van der Waals surface area contributed by atoms with Gasteiger partial charge in [-0.05, 0) is 78.9 Å². The molecule has 4 aliphatic carbocycles. The van der Waals surface area contributed by atoms with E-state index in [1.165, 1.54) is 38.5 Å². The number of hydrogen-bond acceptors (Lipinski definition) is 4. The van der Waals surface area contributed by atoms with Crippen LogP contribution in [-0.2, 0) is 14.6 Å². The molecule has 0 aromatic carbocycles. The minimum Gasteiger partial charge on any atom is -0.509 e. The summed E-state index contributed by atoms with van der Waals surface area (Å²) in [4.78, 5) is 0. The lowest BCUT2D eigenvalue weighted by atomic mass is 9.45. The molecule has 0 aromatic rings. The molecular formula is C21H34O5S. The van der Waals surface area contributed by atoms with Crippen LogP contribution in [0.25, 0.3) is 0 Å². The van der Waals surface area contributed by atoms with Gasteiger partial charge in [0.15, 0.2) is 5.76 Å². The van der Waals surface area contributed by atoms with Gasteiger partial charge in [-0.3, -0.25) is 4.55 Å². The van der Waals surface area contributed by atoms with Gasteiger partial charge in [0.1, 0.15) is 5.76 Å². The van der Waals surface area contributed by atoms with Crippen molar-refractivity contribution < 1.29 is 22.3 Å². The van der Waals surface area contributed by atoms with Crippen LogP contribution in [0, 0.1) is 40.4 Å². The topological polar surface area (TPSA) is 83.8 Å². The summed E-state index contributed by atoms with van der Waals surface area (Å²) in [5.74, 6) is 3.31. The first-order valence-corrected chi connectivity index (χ1v) is 12.0. The van der Waals surface area contributed by atoms with E-state index < -0.39 is 10.4 Å². The van der Waals surface area contributed by atoms with Gasteiger partial charge in [-0.15, -0.1) is 0 Å². The zero-order valence-electron chi connectivity index (χ0n) is 16.8. The van der Waals surface area contributed by atoms with Crippen molar-refractivity contribution in [2.24, 2.45) is 40.4 Å². The average molecular weight is 399 g/mol. The number of allylic oxidation sites excluding steroid dienone is 2. The number of rotatable bonds is 3. The maximum absolute atomic E-state index is 11.1. The van der Waals surface area contributed by atoms with E-state index in [1.54, 1.807) is 0 Å². The van der Waals surface area contributed by atoms with Gasteiger partial charge >= 0.3 is 10.4 Å². The molecule has 27 heavy (non-hydrogen) atoms. The highest BCUT2D eigenvalue weighted by Gasteiger charge is 2.60. The fourth-order valence-electron chi connectivity index (χ4n) is 7.94. The Balaban J connectivity index is 1.61. The van der Waals surface area contributed by atoms with Crippen LogP contribution in [-0.4, -0.2) is 18.1 Å². The average Bonchev–Trinajstić information content (AvgIpc) is 2.91. The first-order chi connectivity index (χ1) is 12.6. The lowest BCUT2D eigenvalue weighted by Gasteiger charge is -2.60. The van der Waals surface area contributed by atoms with Crippen molar-refractivity contribution in [1.29, 1.82) is 0 Å². The van der Waals surface area contributed by atoms with E-state index in [1.807, 2.05) is 0 Å². The van der Waals surface area contributed by atoms with E-state index in [0.717, 1.165) is 24.2 Å². The molecule has 0 saturated heterocycles. The second kappa shape index (κ2) is 6.38. The van der Waals surface area contributed by atoms with Crippen LogP contribution in [0.2, 0.25) is 0 Å². The van der Waals surface area contributed by atoms with Crippen molar-refractivity contribution in [2.45, 2.75) is 78.6 Å². The Morgan fingerprint density at radius 1 is 1.07 bits per heavy atom. The van der Waals surface area contributed by atoms with Crippen LogP contribution in [0.5, 0.6) is 0 Å². The predicted molar refractivity (Wildman–Crippen MR) is 103 cm³/mol. The molecule has 6 heteroatoms. The van der Waals surface area contributed by atoms with Gasteiger partial charge in [0.2, 0.25) is 0 Å². The highest BCUT2D eigenvalue weighted by molar-refractivity contribution is 7.81. The summed E-state index contributed by atoms with van der Waals surface area (Å²) in [6.45, 7) is 7.16. The van der Waals surface area contributed by atoms with Crippen LogP contribution in [0.15, 0.2) is 11.5 Å². The van der Waals surface area contributed by atoms with Gasteiger partial charge in [0.25, 0.3) is 0 Å². The molecular weight excluding hydrogens is 364 g/mol. The molecule has 0 bridgehead atoms. The highest BCUT2D eigenvalue weighted by atomic mass is 32.3. The second-order valence-corrected chi connectivity index (χ2v) is 11.2. The Kier molecular flexibility index (Phi) is 4.62. The SMILES string of the molecule is CC[C@H]1CC[C@@H]2[C@@H]3CC[C@H]4CC(OS(=O)(=O)O)=C(O)C[C@]4(C)[C@@H]3CC[C@]12C. The molecule has 7 atom stereocenters. The molecule has 2 N–H and O–H groups in total. The molecule has 4 rings (SSSR count). The Bertz CT molecular complexity index is 744. The number of aliphatic hydroxyl groups excluding tert-OH is 1. The van der Waals surface area contributed by atoms with Gasteiger partial charge in [0.05, 0.1) is 0 Å². The number of hydrogen-bond donors (Lipinski definition) is 2. The van der Waals surface area contributed by atoms with Crippen LogP contribution >= 0.6 is 0 Å². The molecule has 0 radical (unpaired) electrons. The maximum atomic E-state index is 11.1. The Morgan fingerprint density at radius 3 is 2.44 bits per heavy atom. The van der Waals surface area contributed by atoms with Gasteiger partial charge in [-0.2, -0.15) is 8.42 Å². The van der Waals surface area contributed by atoms with Gasteiger partial charge in [-0.25, -0.2) is 0 Å². The molecule has 0 aliphatic heterocycles. The summed E-state index contributed by atoms with van der Waals surface area (Å²) < 4.78 is 36.0. The Hall–Kier alpha value is -0.750. The summed E-state index contributed by atoms with van der Waals surface area (Å²) >= 11 is 0. The lowest BCUT2D eigenvalue weighted by Crippen LogP contribution is -2.53. The largest absolute Gasteiger partial charge is 0.509 e. The smallest absolute Gasteiger partial charge is 0.446 e. The summed E-state index contributed by atoms with van der Waals surface area (Å²) in [6.07, 6.45) is 9.59. The van der Waals surface area contributed by atoms with E-state index >= 15 is 0 Å². The monoisotopic (exact) mass is 398 g/mol. The third-order valence-electron chi connectivity index (χ3n) is 9.26. The van der Waals surface area contributed by atoms with E-state index in [2.05, 4.69) is 20.8 Å². The molecule has 4 aliphatic rings. The molecule has 0 spiro atoms. The summed E-state index contributed by atoms with van der Waals surface area (Å²) in [7, 11) is -4.58. The molecule has 154 valence electrons. The molecule has 0 aromatic heterocycles. The zero-order chi connectivity index (χ0) is 19.6. The zero-order valence-corrected chi connectivity index (χ0v) is 17.6. The first kappa shape index (κ1) is 19.6. The summed E-state index contributed by atoms with van der Waals surface area (Å²) in [5.41, 5.74) is 0.468. The quantitative estimate of drug-likeness (QED) is 0.634. The van der Waals surface area contributed by atoms with Crippen molar-refractivity contribution in [1.82, 2.24) is 0 Å². The van der Waals surface area contributed by atoms with E-state index in [4.69, 9.17) is 8.74 Å². The minimum absolute atomic E-state index is 0.00922. The predicted octanol–water partition coefficient (Wildman–Crippen LogP) is 5.25. The number of aliphatic hydroxyl groups is 1. The van der Waals surface area contributed by atoms with Gasteiger partial charge in [0, 0.05) is 12.8 Å². The summed E-state index contributed by atoms with van der Waals surface area (Å²) in [5, 5.41) is 10.5. The highest BCUT2D eigenvalue weighted by Crippen LogP contribution is 2.68. The fourth-order valence-corrected chi connectivity index (χ4v) is 8.35. The van der Waals surface area contributed by atoms with Crippen molar-refractivity contribution in [3.63, 3.8) is 0 Å². The molecule has 3 saturated carbocycles. The normalized spacial score (nSPS) is 47.2. The molecule has 0 heterocycles. The van der Waals surface area contributed by atoms with Crippen molar-refractivity contribution in [2.75, 3.05) is 0 Å². The van der Waals surface area contributed by atoms with Gasteiger partial charge < -0.3 is 9.29 Å². The van der Waals surface area contributed by atoms with E-state index in [0.29, 0.717) is 30.1 Å². The molecule has 0 unspecified atom stereocenters. The molecule has 5 nitrogen and oxygen atoms in total. The number of fused-ring (bicyclic) bond motifs is 5. The van der Waals surface area contributed by atoms with Crippen LogP contribution < -0.4 is 0 Å². The van der Waals surface area contributed by atoms with Crippen LogP contribution in [0.3, 0.4) is 0 Å². The first-order valence-electron chi connectivity index (χ1n) is 10.7. The third kappa shape index (κ3) is 3.02. The second-order valence-electron chi connectivity index (χ2n) is 10.1. The van der Waals surface area contributed by atoms with E-state index in [-0.39, 0.29) is 16.9 Å². The van der Waals surface area contributed by atoms with Crippen molar-refractivity contribution in [3.8, 4) is 0 Å². The molecule has 0 amide bonds. The summed E-state index contributed by atoms with van der Waals surface area (Å²) in [6, 6.07) is 0. The van der Waals surface area contributed by atoms with Crippen molar-refractivity contribution in [3.05, 3.63) is 11.5 Å². The Morgan fingerprint density at radius 2 is 1.78 bits per heavy atom. The standard InChI is InChI=1S/C21H34O5S/c1-4-13-6-8-16-15-7-5-14-11-19(26-27(23,24)25)18(22)12-21(14,3)17(15)9-10-20(13,16)2/h13-17,22H,4-12H2,1-3H3,(H,23,24,25)/t13-,14-,15-,16+,17+,20+,21-/m0/s1. The van der Waals surface area contributed by atoms with Crippen LogP contribution in [0.1, 0.15) is 78.6 Å². The lowest BCUT2D eigenvalue weighted by molar-refractivity contribution is -0.106.